The number of hydrogen-bond acceptors (Lipinski definition) is 5. The van der Waals surface area contributed by atoms with Gasteiger partial charge in [0.1, 0.15) is 17.3 Å². The van der Waals surface area contributed by atoms with Crippen molar-refractivity contribution in [2.45, 2.75) is 13.1 Å². The molecule has 0 aliphatic rings. The molecule has 0 bridgehead atoms. The lowest BCUT2D eigenvalue weighted by Crippen LogP contribution is -2.33. The van der Waals surface area contributed by atoms with Gasteiger partial charge in [-0.1, -0.05) is 30.3 Å². The van der Waals surface area contributed by atoms with Crippen molar-refractivity contribution >= 4 is 11.7 Å². The third kappa shape index (κ3) is 5.30. The lowest BCUT2D eigenvalue weighted by atomic mass is 10.0. The molecule has 0 fully saturated rings. The number of furan rings is 2. The van der Waals surface area contributed by atoms with Gasteiger partial charge in [0, 0.05) is 11.1 Å². The molecule has 4 rings (SSSR count). The predicted octanol–water partition coefficient (Wildman–Crippen LogP) is 4.71. The normalized spacial score (nSPS) is 10.6. The highest BCUT2D eigenvalue weighted by Crippen LogP contribution is 2.17. The molecule has 156 valence electrons. The van der Waals surface area contributed by atoms with E-state index in [1.165, 1.54) is 0 Å². The summed E-state index contributed by atoms with van der Waals surface area (Å²) < 4.78 is 16.4. The molecule has 2 aromatic carbocycles. The number of carbonyl (C=O) groups excluding carboxylic acids is 2. The van der Waals surface area contributed by atoms with E-state index in [9.17, 15) is 9.59 Å². The maximum atomic E-state index is 12.8. The molecule has 0 spiro atoms. The molecule has 6 nitrogen and oxygen atoms in total. The molecule has 0 unspecified atom stereocenters. The van der Waals surface area contributed by atoms with Crippen LogP contribution in [0.25, 0.3) is 0 Å². The minimum atomic E-state index is -0.211. The molecule has 2 aromatic heterocycles. The van der Waals surface area contributed by atoms with Crippen LogP contribution in [0, 0.1) is 0 Å². The molecule has 0 aliphatic carbocycles. The Balaban J connectivity index is 1.38. The second-order valence-corrected chi connectivity index (χ2v) is 6.92. The van der Waals surface area contributed by atoms with Crippen molar-refractivity contribution in [2.24, 2.45) is 0 Å². The first-order valence-electron chi connectivity index (χ1n) is 9.84. The summed E-state index contributed by atoms with van der Waals surface area (Å²) in [4.78, 5) is 26.9. The summed E-state index contributed by atoms with van der Waals surface area (Å²) in [5.41, 5.74) is 1.18. The van der Waals surface area contributed by atoms with Gasteiger partial charge >= 0.3 is 0 Å². The molecule has 0 N–H and O–H groups in total. The Morgan fingerprint density at radius 1 is 0.710 bits per heavy atom. The number of amides is 1. The van der Waals surface area contributed by atoms with E-state index < -0.39 is 0 Å². The van der Waals surface area contributed by atoms with Crippen LogP contribution in [0.15, 0.2) is 100 Å². The zero-order valence-corrected chi connectivity index (χ0v) is 16.8. The molecule has 0 atom stereocenters. The summed E-state index contributed by atoms with van der Waals surface area (Å²) in [5, 5.41) is 0. The lowest BCUT2D eigenvalue weighted by Gasteiger charge is -2.20. The van der Waals surface area contributed by atoms with Gasteiger partial charge in [0.2, 0.25) is 0 Å². The first kappa shape index (κ1) is 20.2. The van der Waals surface area contributed by atoms with E-state index in [1.807, 2.05) is 30.3 Å². The zero-order chi connectivity index (χ0) is 21.5. The lowest BCUT2D eigenvalue weighted by molar-refractivity contribution is -0.135. The van der Waals surface area contributed by atoms with Crippen molar-refractivity contribution < 1.29 is 23.2 Å². The molecule has 2 heterocycles. The molecule has 0 radical (unpaired) electrons. The largest absolute Gasteiger partial charge is 0.484 e. The van der Waals surface area contributed by atoms with Crippen LogP contribution in [0.3, 0.4) is 0 Å². The van der Waals surface area contributed by atoms with Crippen molar-refractivity contribution in [3.8, 4) is 5.75 Å². The van der Waals surface area contributed by atoms with Crippen LogP contribution in [-0.2, 0) is 17.9 Å². The highest BCUT2D eigenvalue weighted by Gasteiger charge is 2.18. The van der Waals surface area contributed by atoms with Gasteiger partial charge in [-0.3, -0.25) is 9.59 Å². The summed E-state index contributed by atoms with van der Waals surface area (Å²) in [5.74, 6) is 1.57. The van der Waals surface area contributed by atoms with Crippen LogP contribution in [0.5, 0.6) is 5.75 Å². The zero-order valence-electron chi connectivity index (χ0n) is 16.8. The summed E-state index contributed by atoms with van der Waals surface area (Å²) in [6, 6.07) is 23.0. The van der Waals surface area contributed by atoms with Crippen LogP contribution in [0.1, 0.15) is 27.4 Å². The molecule has 6 heteroatoms. The Morgan fingerprint density at radius 3 is 1.84 bits per heavy atom. The minimum Gasteiger partial charge on any atom is -0.484 e. The first-order valence-corrected chi connectivity index (χ1v) is 9.84. The van der Waals surface area contributed by atoms with Crippen molar-refractivity contribution in [3.05, 3.63) is 114 Å². The van der Waals surface area contributed by atoms with Gasteiger partial charge < -0.3 is 18.5 Å². The van der Waals surface area contributed by atoms with Crippen molar-refractivity contribution in [3.63, 3.8) is 0 Å². The summed E-state index contributed by atoms with van der Waals surface area (Å²) in [6.45, 7) is 0.466. The molecule has 0 aliphatic heterocycles. The van der Waals surface area contributed by atoms with Crippen LogP contribution in [0.2, 0.25) is 0 Å². The van der Waals surface area contributed by atoms with Gasteiger partial charge in [0.15, 0.2) is 12.4 Å². The second kappa shape index (κ2) is 9.63. The van der Waals surface area contributed by atoms with E-state index in [1.54, 1.807) is 66.0 Å². The third-order valence-electron chi connectivity index (χ3n) is 4.72. The van der Waals surface area contributed by atoms with Gasteiger partial charge in [-0.15, -0.1) is 0 Å². The van der Waals surface area contributed by atoms with Gasteiger partial charge in [-0.2, -0.15) is 0 Å². The van der Waals surface area contributed by atoms with E-state index in [0.717, 1.165) is 0 Å². The van der Waals surface area contributed by atoms with Crippen LogP contribution in [0.4, 0.5) is 0 Å². The molecule has 0 saturated heterocycles. The van der Waals surface area contributed by atoms with Gasteiger partial charge in [-0.25, -0.2) is 0 Å². The Hall–Kier alpha value is -4.06. The maximum Gasteiger partial charge on any atom is 0.261 e. The molecular formula is C25H21NO5. The summed E-state index contributed by atoms with van der Waals surface area (Å²) >= 11 is 0. The van der Waals surface area contributed by atoms with E-state index in [4.69, 9.17) is 13.6 Å². The molecule has 31 heavy (non-hydrogen) atoms. The van der Waals surface area contributed by atoms with E-state index in [0.29, 0.717) is 41.5 Å². The fraction of sp³-hybridized carbons (Fsp3) is 0.120. The standard InChI is InChI=1S/C25H21NO5/c27-24(26(16-22-8-4-14-29-22)17-23-9-5-15-30-23)18-31-21-12-10-20(11-13-21)25(28)19-6-2-1-3-7-19/h1-15H,16-18H2. The topological polar surface area (TPSA) is 72.9 Å². The smallest absolute Gasteiger partial charge is 0.261 e. The number of hydrogen-bond donors (Lipinski definition) is 0. The number of nitrogens with zero attached hydrogens (tertiary/aromatic N) is 1. The van der Waals surface area contributed by atoms with Crippen LogP contribution < -0.4 is 4.74 Å². The van der Waals surface area contributed by atoms with Gasteiger partial charge in [-0.05, 0) is 48.5 Å². The fourth-order valence-electron chi connectivity index (χ4n) is 3.11. The number of rotatable bonds is 9. The van der Waals surface area contributed by atoms with E-state index in [2.05, 4.69) is 0 Å². The number of carbonyl (C=O) groups is 2. The number of ether oxygens (including phenoxy) is 1. The Labute approximate surface area is 179 Å². The second-order valence-electron chi connectivity index (χ2n) is 6.92. The van der Waals surface area contributed by atoms with Crippen LogP contribution in [-0.4, -0.2) is 23.2 Å². The van der Waals surface area contributed by atoms with E-state index in [-0.39, 0.29) is 18.3 Å². The SMILES string of the molecule is O=C(c1ccccc1)c1ccc(OCC(=O)N(Cc2ccco2)Cc2ccco2)cc1. The van der Waals surface area contributed by atoms with Crippen molar-refractivity contribution in [1.29, 1.82) is 0 Å². The van der Waals surface area contributed by atoms with Crippen molar-refractivity contribution in [1.82, 2.24) is 4.90 Å². The van der Waals surface area contributed by atoms with E-state index >= 15 is 0 Å². The average Bonchev–Trinajstić information content (AvgIpc) is 3.52. The first-order chi connectivity index (χ1) is 15.2. The molecule has 1 amide bonds. The third-order valence-corrected chi connectivity index (χ3v) is 4.72. The Kier molecular flexibility index (Phi) is 6.28. The molecular weight excluding hydrogens is 394 g/mol. The van der Waals surface area contributed by atoms with Crippen molar-refractivity contribution in [2.75, 3.05) is 6.61 Å². The average molecular weight is 415 g/mol. The molecule has 0 saturated carbocycles. The number of benzene rings is 2. The quantitative estimate of drug-likeness (QED) is 0.370. The Bertz CT molecular complexity index is 1060. The molecule has 4 aromatic rings. The highest BCUT2D eigenvalue weighted by atomic mass is 16.5. The maximum absolute atomic E-state index is 12.8. The Morgan fingerprint density at radius 2 is 1.29 bits per heavy atom. The fourth-order valence-corrected chi connectivity index (χ4v) is 3.11. The minimum absolute atomic E-state index is 0.0636. The monoisotopic (exact) mass is 415 g/mol. The van der Waals surface area contributed by atoms with Gasteiger partial charge in [0.05, 0.1) is 25.6 Å². The summed E-state index contributed by atoms with van der Waals surface area (Å²) in [7, 11) is 0. The summed E-state index contributed by atoms with van der Waals surface area (Å²) in [6.07, 6.45) is 3.14. The van der Waals surface area contributed by atoms with Crippen LogP contribution >= 0.6 is 0 Å². The number of ketones is 1. The highest BCUT2D eigenvalue weighted by molar-refractivity contribution is 6.08. The predicted molar refractivity (Wildman–Crippen MR) is 113 cm³/mol. The van der Waals surface area contributed by atoms with Gasteiger partial charge in [0.25, 0.3) is 5.91 Å².